The zero-order valence-electron chi connectivity index (χ0n) is 12.0. The van der Waals surface area contributed by atoms with E-state index in [0.717, 1.165) is 17.9 Å². The Morgan fingerprint density at radius 2 is 1.95 bits per heavy atom. The molecule has 2 rings (SSSR count). The van der Waals surface area contributed by atoms with Crippen LogP contribution in [0.15, 0.2) is 40.8 Å². The number of aryl methyl sites for hydroxylation is 1. The fourth-order valence-electron chi connectivity index (χ4n) is 2.40. The third-order valence-electron chi connectivity index (χ3n) is 3.46. The van der Waals surface area contributed by atoms with Crippen molar-refractivity contribution in [1.82, 2.24) is 0 Å². The van der Waals surface area contributed by atoms with Crippen LogP contribution in [0, 0.1) is 5.82 Å². The number of para-hydroxylation sites is 1. The lowest BCUT2D eigenvalue weighted by Gasteiger charge is -2.30. The van der Waals surface area contributed by atoms with Gasteiger partial charge in [-0.1, -0.05) is 19.1 Å². The molecule has 3 nitrogen and oxygen atoms in total. The summed E-state index contributed by atoms with van der Waals surface area (Å²) in [6, 6.07) is 10.5. The Kier molecular flexibility index (Phi) is 4.79. The summed E-state index contributed by atoms with van der Waals surface area (Å²) in [5.74, 6) is 1.47. The van der Waals surface area contributed by atoms with E-state index in [2.05, 4.69) is 0 Å². The third-order valence-corrected chi connectivity index (χ3v) is 3.46. The molecule has 1 heterocycles. The van der Waals surface area contributed by atoms with Gasteiger partial charge in [0, 0.05) is 19.5 Å². The van der Waals surface area contributed by atoms with Gasteiger partial charge in [-0.2, -0.15) is 0 Å². The zero-order valence-corrected chi connectivity index (χ0v) is 12.0. The monoisotopic (exact) mass is 276 g/mol. The molecule has 108 valence electrons. The number of likely N-dealkylation sites (N-methyl/N-ethyl adjacent to an activating group) is 1. The van der Waals surface area contributed by atoms with Crippen LogP contribution in [0.3, 0.4) is 0 Å². The highest BCUT2D eigenvalue weighted by atomic mass is 19.1. The lowest BCUT2D eigenvalue weighted by atomic mass is 10.1. The number of furan rings is 1. The molecule has 0 aliphatic heterocycles. The van der Waals surface area contributed by atoms with E-state index in [1.165, 1.54) is 6.07 Å². The lowest BCUT2D eigenvalue weighted by Crippen LogP contribution is -2.34. The summed E-state index contributed by atoms with van der Waals surface area (Å²) >= 11 is 0. The standard InChI is InChI=1S/C16H21FN2O/c1-3-12-9-10-16(20-12)15(11-18)19(4-2)14-8-6-5-7-13(14)17/h5-10,15H,3-4,11,18H2,1-2H3. The van der Waals surface area contributed by atoms with Gasteiger partial charge in [0.15, 0.2) is 0 Å². The van der Waals surface area contributed by atoms with E-state index in [4.69, 9.17) is 10.2 Å². The van der Waals surface area contributed by atoms with Crippen molar-refractivity contribution in [2.75, 3.05) is 18.0 Å². The number of rotatable bonds is 6. The minimum absolute atomic E-state index is 0.155. The summed E-state index contributed by atoms with van der Waals surface area (Å²) in [6.07, 6.45) is 0.836. The number of benzene rings is 1. The molecule has 0 spiro atoms. The minimum Gasteiger partial charge on any atom is -0.464 e. The van der Waals surface area contributed by atoms with E-state index >= 15 is 0 Å². The molecule has 0 aliphatic carbocycles. The van der Waals surface area contributed by atoms with E-state index < -0.39 is 0 Å². The number of nitrogens with two attached hydrogens (primary N) is 1. The van der Waals surface area contributed by atoms with Gasteiger partial charge < -0.3 is 15.1 Å². The summed E-state index contributed by atoms with van der Waals surface area (Å²) in [5.41, 5.74) is 6.45. The Morgan fingerprint density at radius 3 is 2.50 bits per heavy atom. The van der Waals surface area contributed by atoms with Crippen molar-refractivity contribution in [3.63, 3.8) is 0 Å². The molecular formula is C16H21FN2O. The van der Waals surface area contributed by atoms with Crippen LogP contribution in [-0.4, -0.2) is 13.1 Å². The molecule has 0 amide bonds. The maximum atomic E-state index is 14.0. The number of anilines is 1. The maximum absolute atomic E-state index is 14.0. The van der Waals surface area contributed by atoms with Gasteiger partial charge in [-0.3, -0.25) is 0 Å². The van der Waals surface area contributed by atoms with Gasteiger partial charge in [0.1, 0.15) is 17.3 Å². The van der Waals surface area contributed by atoms with Crippen LogP contribution in [0.4, 0.5) is 10.1 Å². The topological polar surface area (TPSA) is 42.4 Å². The second kappa shape index (κ2) is 6.57. The highest BCUT2D eigenvalue weighted by molar-refractivity contribution is 5.49. The van der Waals surface area contributed by atoms with E-state index in [1.54, 1.807) is 12.1 Å². The van der Waals surface area contributed by atoms with Crippen LogP contribution in [0.1, 0.15) is 31.4 Å². The molecule has 2 N–H and O–H groups in total. The van der Waals surface area contributed by atoms with Crippen LogP contribution in [0.5, 0.6) is 0 Å². The van der Waals surface area contributed by atoms with E-state index in [1.807, 2.05) is 36.9 Å². The van der Waals surface area contributed by atoms with Gasteiger partial charge in [-0.15, -0.1) is 0 Å². The molecule has 20 heavy (non-hydrogen) atoms. The first-order valence-electron chi connectivity index (χ1n) is 7.01. The lowest BCUT2D eigenvalue weighted by molar-refractivity contribution is 0.424. The van der Waals surface area contributed by atoms with Crippen molar-refractivity contribution in [2.45, 2.75) is 26.3 Å². The fraction of sp³-hybridized carbons (Fsp3) is 0.375. The summed E-state index contributed by atoms with van der Waals surface area (Å²) < 4.78 is 19.8. The quantitative estimate of drug-likeness (QED) is 0.878. The first-order valence-corrected chi connectivity index (χ1v) is 7.01. The molecule has 0 fully saturated rings. The summed E-state index contributed by atoms with van der Waals surface area (Å²) in [6.45, 7) is 5.05. The van der Waals surface area contributed by atoms with Crippen molar-refractivity contribution >= 4 is 5.69 Å². The molecular weight excluding hydrogens is 255 g/mol. The Balaban J connectivity index is 2.35. The second-order valence-corrected chi connectivity index (χ2v) is 4.65. The van der Waals surface area contributed by atoms with Gasteiger partial charge in [0.25, 0.3) is 0 Å². The Bertz CT molecular complexity index is 553. The fourth-order valence-corrected chi connectivity index (χ4v) is 2.40. The maximum Gasteiger partial charge on any atom is 0.146 e. The molecule has 0 aliphatic rings. The summed E-state index contributed by atoms with van der Waals surface area (Å²) in [4.78, 5) is 1.94. The smallest absolute Gasteiger partial charge is 0.146 e. The van der Waals surface area contributed by atoms with Crippen molar-refractivity contribution in [1.29, 1.82) is 0 Å². The van der Waals surface area contributed by atoms with E-state index in [-0.39, 0.29) is 11.9 Å². The van der Waals surface area contributed by atoms with Gasteiger partial charge in [-0.05, 0) is 31.2 Å². The van der Waals surface area contributed by atoms with Crippen LogP contribution in [0.2, 0.25) is 0 Å². The predicted molar refractivity (Wildman–Crippen MR) is 79.3 cm³/mol. The number of halogens is 1. The van der Waals surface area contributed by atoms with Crippen LogP contribution in [-0.2, 0) is 6.42 Å². The summed E-state index contributed by atoms with van der Waals surface area (Å²) in [7, 11) is 0. The molecule has 1 atom stereocenters. The highest BCUT2D eigenvalue weighted by Crippen LogP contribution is 2.29. The molecule has 1 aromatic carbocycles. The molecule has 0 saturated heterocycles. The van der Waals surface area contributed by atoms with Crippen molar-refractivity contribution < 1.29 is 8.81 Å². The molecule has 4 heteroatoms. The average molecular weight is 276 g/mol. The normalized spacial score (nSPS) is 12.4. The van der Waals surface area contributed by atoms with Crippen LogP contribution >= 0.6 is 0 Å². The SMILES string of the molecule is CCc1ccc(C(CN)N(CC)c2ccccc2F)o1. The van der Waals surface area contributed by atoms with Crippen molar-refractivity contribution in [3.05, 3.63) is 53.7 Å². The zero-order chi connectivity index (χ0) is 14.5. The van der Waals surface area contributed by atoms with Gasteiger partial charge in [0.05, 0.1) is 11.7 Å². The predicted octanol–water partition coefficient (Wildman–Crippen LogP) is 3.51. The first kappa shape index (κ1) is 14.6. The summed E-state index contributed by atoms with van der Waals surface area (Å²) in [5, 5.41) is 0. The van der Waals surface area contributed by atoms with E-state index in [0.29, 0.717) is 18.8 Å². The molecule has 1 aromatic heterocycles. The number of hydrogen-bond acceptors (Lipinski definition) is 3. The average Bonchev–Trinajstić information content (AvgIpc) is 2.94. The Hall–Kier alpha value is -1.81. The first-order chi connectivity index (χ1) is 9.71. The minimum atomic E-state index is -0.241. The molecule has 0 bridgehead atoms. The van der Waals surface area contributed by atoms with Crippen molar-refractivity contribution in [3.8, 4) is 0 Å². The highest BCUT2D eigenvalue weighted by Gasteiger charge is 2.23. The number of hydrogen-bond donors (Lipinski definition) is 1. The second-order valence-electron chi connectivity index (χ2n) is 4.65. The van der Waals surface area contributed by atoms with E-state index in [9.17, 15) is 4.39 Å². The van der Waals surface area contributed by atoms with Crippen LogP contribution in [0.25, 0.3) is 0 Å². The molecule has 2 aromatic rings. The molecule has 0 radical (unpaired) electrons. The van der Waals surface area contributed by atoms with Crippen LogP contribution < -0.4 is 10.6 Å². The number of nitrogens with zero attached hydrogens (tertiary/aromatic N) is 1. The Morgan fingerprint density at radius 1 is 1.20 bits per heavy atom. The van der Waals surface area contributed by atoms with Gasteiger partial charge in [0.2, 0.25) is 0 Å². The largest absolute Gasteiger partial charge is 0.464 e. The van der Waals surface area contributed by atoms with Gasteiger partial charge >= 0.3 is 0 Å². The third kappa shape index (κ3) is 2.85. The molecule has 1 unspecified atom stereocenters. The van der Waals surface area contributed by atoms with Crippen molar-refractivity contribution in [2.24, 2.45) is 5.73 Å². The van der Waals surface area contributed by atoms with Gasteiger partial charge in [-0.25, -0.2) is 4.39 Å². The Labute approximate surface area is 119 Å². The molecule has 0 saturated carbocycles.